The molecule has 0 saturated heterocycles. The standard InChI is InChI=1S/C20H22F3N5O3/c1-11-26-14-9-15(30-3)16(31-5-4-29-2)8-13(14)19(27-11)25-10-12-6-17(20(21,22)23)28-18(24)7-12/h6-9H,4-5,10H2,1-3H3,(H2,24,28)(H,25,26,27). The van der Waals surface area contributed by atoms with Crippen molar-refractivity contribution in [2.24, 2.45) is 0 Å². The van der Waals surface area contributed by atoms with E-state index in [-0.39, 0.29) is 12.4 Å². The molecule has 0 bridgehead atoms. The summed E-state index contributed by atoms with van der Waals surface area (Å²) in [5.74, 6) is 1.66. The van der Waals surface area contributed by atoms with Gasteiger partial charge in [-0.1, -0.05) is 0 Å². The van der Waals surface area contributed by atoms with Crippen molar-refractivity contribution in [2.75, 3.05) is 38.5 Å². The molecule has 0 saturated carbocycles. The number of benzene rings is 1. The highest BCUT2D eigenvalue weighted by Gasteiger charge is 2.33. The zero-order valence-corrected chi connectivity index (χ0v) is 17.2. The van der Waals surface area contributed by atoms with E-state index in [1.165, 1.54) is 13.2 Å². The molecule has 0 radical (unpaired) electrons. The number of anilines is 2. The van der Waals surface area contributed by atoms with Gasteiger partial charge in [0.25, 0.3) is 0 Å². The van der Waals surface area contributed by atoms with Crippen LogP contribution in [0.3, 0.4) is 0 Å². The number of aryl methyl sites for hydroxylation is 1. The van der Waals surface area contributed by atoms with E-state index in [0.717, 1.165) is 6.07 Å². The third-order valence-electron chi connectivity index (χ3n) is 4.29. The molecule has 0 aliphatic rings. The topological polar surface area (TPSA) is 104 Å². The van der Waals surface area contributed by atoms with Gasteiger partial charge in [0.1, 0.15) is 29.8 Å². The predicted molar refractivity (Wildman–Crippen MR) is 109 cm³/mol. The molecule has 2 aromatic heterocycles. The molecule has 0 spiro atoms. The number of fused-ring (bicyclic) bond motifs is 1. The summed E-state index contributed by atoms with van der Waals surface area (Å²) in [6.45, 7) is 2.46. The lowest BCUT2D eigenvalue weighted by Crippen LogP contribution is -2.12. The Hall–Kier alpha value is -3.34. The molecular formula is C20H22F3N5O3. The number of nitrogen functional groups attached to an aromatic ring is 1. The number of ether oxygens (including phenoxy) is 3. The van der Waals surface area contributed by atoms with Gasteiger partial charge < -0.3 is 25.3 Å². The number of alkyl halides is 3. The number of rotatable bonds is 8. The highest BCUT2D eigenvalue weighted by atomic mass is 19.4. The van der Waals surface area contributed by atoms with E-state index in [9.17, 15) is 13.2 Å². The van der Waals surface area contributed by atoms with E-state index in [0.29, 0.717) is 52.8 Å². The van der Waals surface area contributed by atoms with Gasteiger partial charge in [0.05, 0.1) is 19.2 Å². The van der Waals surface area contributed by atoms with Crippen LogP contribution in [0.25, 0.3) is 10.9 Å². The zero-order valence-electron chi connectivity index (χ0n) is 17.2. The van der Waals surface area contributed by atoms with Crippen molar-refractivity contribution in [2.45, 2.75) is 19.6 Å². The van der Waals surface area contributed by atoms with E-state index in [2.05, 4.69) is 20.3 Å². The van der Waals surface area contributed by atoms with E-state index in [1.807, 2.05) is 0 Å². The summed E-state index contributed by atoms with van der Waals surface area (Å²) in [5, 5.41) is 3.68. The molecule has 31 heavy (non-hydrogen) atoms. The van der Waals surface area contributed by atoms with Crippen LogP contribution in [0.4, 0.5) is 24.8 Å². The largest absolute Gasteiger partial charge is 0.493 e. The zero-order chi connectivity index (χ0) is 22.6. The van der Waals surface area contributed by atoms with E-state index in [1.54, 1.807) is 26.2 Å². The summed E-state index contributed by atoms with van der Waals surface area (Å²) < 4.78 is 55.1. The van der Waals surface area contributed by atoms with Crippen LogP contribution in [0.2, 0.25) is 0 Å². The smallest absolute Gasteiger partial charge is 0.433 e. The number of nitrogens with one attached hydrogen (secondary N) is 1. The first-order chi connectivity index (χ1) is 14.7. The molecule has 8 nitrogen and oxygen atoms in total. The molecule has 1 aromatic carbocycles. The molecule has 11 heteroatoms. The fraction of sp³-hybridized carbons (Fsp3) is 0.350. The van der Waals surface area contributed by atoms with Crippen LogP contribution < -0.4 is 20.5 Å². The normalized spacial score (nSPS) is 11.5. The van der Waals surface area contributed by atoms with Crippen LogP contribution in [0.5, 0.6) is 11.5 Å². The fourth-order valence-corrected chi connectivity index (χ4v) is 2.94. The number of aromatic nitrogens is 3. The maximum Gasteiger partial charge on any atom is 0.433 e. The van der Waals surface area contributed by atoms with Gasteiger partial charge in [-0.2, -0.15) is 13.2 Å². The molecule has 0 fully saturated rings. The first-order valence-corrected chi connectivity index (χ1v) is 9.27. The maximum absolute atomic E-state index is 13.0. The van der Waals surface area contributed by atoms with E-state index in [4.69, 9.17) is 19.9 Å². The number of pyridine rings is 1. The van der Waals surface area contributed by atoms with Crippen LogP contribution in [0.1, 0.15) is 17.1 Å². The molecule has 3 N–H and O–H groups in total. The summed E-state index contributed by atoms with van der Waals surface area (Å²) in [6.07, 6.45) is -4.59. The Balaban J connectivity index is 1.94. The van der Waals surface area contributed by atoms with Crippen LogP contribution in [0, 0.1) is 6.92 Å². The van der Waals surface area contributed by atoms with Gasteiger partial charge in [0.15, 0.2) is 11.5 Å². The van der Waals surface area contributed by atoms with Crippen molar-refractivity contribution >= 4 is 22.5 Å². The number of methoxy groups -OCH3 is 2. The van der Waals surface area contributed by atoms with Crippen LogP contribution >= 0.6 is 0 Å². The minimum Gasteiger partial charge on any atom is -0.493 e. The molecule has 3 aromatic rings. The number of halogens is 3. The van der Waals surface area contributed by atoms with Crippen molar-refractivity contribution in [3.63, 3.8) is 0 Å². The summed E-state index contributed by atoms with van der Waals surface area (Å²) in [5.41, 5.74) is 5.40. The second-order valence-electron chi connectivity index (χ2n) is 6.62. The van der Waals surface area contributed by atoms with E-state index < -0.39 is 11.9 Å². The molecule has 0 atom stereocenters. The number of nitrogens with two attached hydrogens (primary N) is 1. The van der Waals surface area contributed by atoms with Gasteiger partial charge >= 0.3 is 6.18 Å². The predicted octanol–water partition coefficient (Wildman–Crippen LogP) is 3.58. The molecular weight excluding hydrogens is 415 g/mol. The molecule has 166 valence electrons. The fourth-order valence-electron chi connectivity index (χ4n) is 2.94. The lowest BCUT2D eigenvalue weighted by Gasteiger charge is -2.15. The Morgan fingerprint density at radius 2 is 1.77 bits per heavy atom. The minimum absolute atomic E-state index is 0.0489. The van der Waals surface area contributed by atoms with E-state index >= 15 is 0 Å². The third kappa shape index (κ3) is 5.43. The Labute approximate surface area is 176 Å². The van der Waals surface area contributed by atoms with Crippen molar-refractivity contribution in [1.29, 1.82) is 0 Å². The van der Waals surface area contributed by atoms with Gasteiger partial charge in [-0.25, -0.2) is 15.0 Å². The van der Waals surface area contributed by atoms with Crippen molar-refractivity contribution in [3.05, 3.63) is 41.3 Å². The summed E-state index contributed by atoms with van der Waals surface area (Å²) >= 11 is 0. The SMILES string of the molecule is COCCOc1cc2c(NCc3cc(N)nc(C(F)(F)F)c3)nc(C)nc2cc1OC. The van der Waals surface area contributed by atoms with Gasteiger partial charge in [0.2, 0.25) is 0 Å². The average molecular weight is 437 g/mol. The summed E-state index contributed by atoms with van der Waals surface area (Å²) in [6, 6.07) is 5.75. The average Bonchev–Trinajstić information content (AvgIpc) is 2.70. The Kier molecular flexibility index (Phi) is 6.64. The minimum atomic E-state index is -4.59. The van der Waals surface area contributed by atoms with Gasteiger partial charge in [-0.3, -0.25) is 0 Å². The lowest BCUT2D eigenvalue weighted by molar-refractivity contribution is -0.141. The molecule has 0 aliphatic heterocycles. The second kappa shape index (κ2) is 9.21. The quantitative estimate of drug-likeness (QED) is 0.516. The van der Waals surface area contributed by atoms with Gasteiger partial charge in [0, 0.05) is 25.1 Å². The maximum atomic E-state index is 13.0. The first-order valence-electron chi connectivity index (χ1n) is 9.27. The summed E-state index contributed by atoms with van der Waals surface area (Å²) in [4.78, 5) is 12.1. The number of hydrogen-bond donors (Lipinski definition) is 2. The highest BCUT2D eigenvalue weighted by molar-refractivity contribution is 5.91. The van der Waals surface area contributed by atoms with Crippen molar-refractivity contribution < 1.29 is 27.4 Å². The molecule has 2 heterocycles. The second-order valence-corrected chi connectivity index (χ2v) is 6.62. The first kappa shape index (κ1) is 22.3. The molecule has 0 aliphatic carbocycles. The Bertz CT molecular complexity index is 1080. The highest BCUT2D eigenvalue weighted by Crippen LogP contribution is 2.35. The molecule has 3 rings (SSSR count). The van der Waals surface area contributed by atoms with Gasteiger partial charge in [-0.15, -0.1) is 0 Å². The molecule has 0 amide bonds. The summed E-state index contributed by atoms with van der Waals surface area (Å²) in [7, 11) is 3.08. The lowest BCUT2D eigenvalue weighted by atomic mass is 10.2. The Morgan fingerprint density at radius 3 is 2.45 bits per heavy atom. The number of nitrogens with zero attached hydrogens (tertiary/aromatic N) is 3. The van der Waals surface area contributed by atoms with Crippen LogP contribution in [-0.2, 0) is 17.5 Å². The third-order valence-corrected chi connectivity index (χ3v) is 4.29. The number of hydrogen-bond acceptors (Lipinski definition) is 8. The van der Waals surface area contributed by atoms with Crippen molar-refractivity contribution in [3.8, 4) is 11.5 Å². The van der Waals surface area contributed by atoms with Crippen molar-refractivity contribution in [1.82, 2.24) is 15.0 Å². The van der Waals surface area contributed by atoms with Crippen LogP contribution in [0.15, 0.2) is 24.3 Å². The van der Waals surface area contributed by atoms with Gasteiger partial charge in [-0.05, 0) is 30.7 Å². The van der Waals surface area contributed by atoms with Crippen LogP contribution in [-0.4, -0.2) is 42.4 Å². The molecule has 0 unspecified atom stereocenters. The Morgan fingerprint density at radius 1 is 1.00 bits per heavy atom. The monoisotopic (exact) mass is 437 g/mol.